The highest BCUT2D eigenvalue weighted by molar-refractivity contribution is 5.66. The summed E-state index contributed by atoms with van der Waals surface area (Å²) in [7, 11) is 0. The normalized spacial score (nSPS) is 18.1. The Labute approximate surface area is 206 Å². The van der Waals surface area contributed by atoms with Gasteiger partial charge in [0.05, 0.1) is 31.1 Å². The van der Waals surface area contributed by atoms with Gasteiger partial charge < -0.3 is 14.5 Å². The fraction of sp³-hybridized carbons (Fsp3) is 0.593. The highest BCUT2D eigenvalue weighted by Gasteiger charge is 2.24. The first-order valence-electron chi connectivity index (χ1n) is 13.3. The number of hydrogen-bond donors (Lipinski definition) is 1. The molecule has 3 aromatic rings. The number of aryl methyl sites for hydroxylation is 1. The minimum absolute atomic E-state index is 0.139. The number of fused-ring (bicyclic) bond motifs is 1. The van der Waals surface area contributed by atoms with Crippen molar-refractivity contribution < 1.29 is 9.47 Å². The summed E-state index contributed by atoms with van der Waals surface area (Å²) in [6.45, 7) is 8.76. The molecule has 0 bridgehead atoms. The maximum atomic E-state index is 13.4. The molecule has 0 unspecified atom stereocenters. The number of H-pyrrole nitrogens is 1. The SMILES string of the molecule is CCOc1ccc(CN2CCOCC2)cc1-c1nn2c(C3CCCCCC3)nc(CC)c2c(=O)[nH]1. The molecule has 1 aliphatic heterocycles. The Balaban J connectivity index is 1.59. The zero-order valence-electron chi connectivity index (χ0n) is 21.0. The molecule has 1 saturated carbocycles. The van der Waals surface area contributed by atoms with Crippen LogP contribution < -0.4 is 10.3 Å². The standard InChI is InChI=1S/C27H37N5O3/c1-3-22-24-27(33)29-25(30-32(24)26(28-22)20-9-7-5-6-8-10-20)21-17-19(11-12-23(21)35-4-2)18-31-13-15-34-16-14-31/h11-12,17,20H,3-10,13-16,18H2,1-2H3,(H,29,30,33). The van der Waals surface area contributed by atoms with Crippen LogP contribution in [0.15, 0.2) is 23.0 Å². The Bertz CT molecular complexity index is 1200. The van der Waals surface area contributed by atoms with Crippen LogP contribution in [0.2, 0.25) is 0 Å². The maximum absolute atomic E-state index is 13.4. The smallest absolute Gasteiger partial charge is 0.277 e. The van der Waals surface area contributed by atoms with Crippen molar-refractivity contribution in [3.05, 3.63) is 45.6 Å². The van der Waals surface area contributed by atoms with Crippen LogP contribution in [0, 0.1) is 0 Å². The van der Waals surface area contributed by atoms with Crippen LogP contribution in [0.3, 0.4) is 0 Å². The summed E-state index contributed by atoms with van der Waals surface area (Å²) in [5, 5.41) is 5.00. The number of imidazole rings is 1. The molecule has 1 aromatic carbocycles. The number of aromatic nitrogens is 4. The van der Waals surface area contributed by atoms with Crippen LogP contribution in [0.4, 0.5) is 0 Å². The Morgan fingerprint density at radius 1 is 1.11 bits per heavy atom. The van der Waals surface area contributed by atoms with E-state index >= 15 is 0 Å². The molecule has 0 amide bonds. The highest BCUT2D eigenvalue weighted by Crippen LogP contribution is 2.33. The number of morpholine rings is 1. The Kier molecular flexibility index (Phi) is 7.48. The Morgan fingerprint density at radius 2 is 1.89 bits per heavy atom. The predicted molar refractivity (Wildman–Crippen MR) is 136 cm³/mol. The first-order valence-corrected chi connectivity index (χ1v) is 13.3. The number of rotatable bonds is 7. The summed E-state index contributed by atoms with van der Waals surface area (Å²) < 4.78 is 13.3. The van der Waals surface area contributed by atoms with Gasteiger partial charge >= 0.3 is 0 Å². The minimum Gasteiger partial charge on any atom is -0.493 e. The maximum Gasteiger partial charge on any atom is 0.277 e. The van der Waals surface area contributed by atoms with E-state index in [0.717, 1.165) is 74.1 Å². The lowest BCUT2D eigenvalue weighted by atomic mass is 10.00. The molecule has 2 aromatic heterocycles. The van der Waals surface area contributed by atoms with Gasteiger partial charge in [0.1, 0.15) is 11.6 Å². The van der Waals surface area contributed by atoms with Crippen molar-refractivity contribution in [2.24, 2.45) is 0 Å². The molecule has 0 atom stereocenters. The van der Waals surface area contributed by atoms with E-state index in [1.807, 2.05) is 17.5 Å². The molecule has 1 N–H and O–H groups in total. The van der Waals surface area contributed by atoms with E-state index in [-0.39, 0.29) is 5.56 Å². The molecule has 5 rings (SSSR count). The third-order valence-corrected chi connectivity index (χ3v) is 7.26. The van der Waals surface area contributed by atoms with Crippen molar-refractivity contribution in [3.8, 4) is 17.1 Å². The van der Waals surface area contributed by atoms with Crippen molar-refractivity contribution in [1.29, 1.82) is 0 Å². The third kappa shape index (κ3) is 5.14. The van der Waals surface area contributed by atoms with Gasteiger partial charge in [-0.1, -0.05) is 38.7 Å². The van der Waals surface area contributed by atoms with E-state index in [4.69, 9.17) is 19.6 Å². The Morgan fingerprint density at radius 3 is 2.60 bits per heavy atom. The van der Waals surface area contributed by atoms with Crippen LogP contribution in [0.5, 0.6) is 5.75 Å². The van der Waals surface area contributed by atoms with Gasteiger partial charge in [-0.3, -0.25) is 9.69 Å². The first-order chi connectivity index (χ1) is 17.2. The summed E-state index contributed by atoms with van der Waals surface area (Å²) in [6, 6.07) is 6.20. The summed E-state index contributed by atoms with van der Waals surface area (Å²) in [5.41, 5.74) is 3.25. The summed E-state index contributed by atoms with van der Waals surface area (Å²) >= 11 is 0. The molecule has 0 spiro atoms. The van der Waals surface area contributed by atoms with Gasteiger partial charge in [0.25, 0.3) is 5.56 Å². The summed E-state index contributed by atoms with van der Waals surface area (Å²) in [5.74, 6) is 2.54. The quantitative estimate of drug-likeness (QED) is 0.508. The molecule has 2 fully saturated rings. The molecule has 1 saturated heterocycles. The molecule has 35 heavy (non-hydrogen) atoms. The van der Waals surface area contributed by atoms with Gasteiger partial charge in [0, 0.05) is 25.6 Å². The van der Waals surface area contributed by atoms with Crippen molar-refractivity contribution in [2.45, 2.75) is 71.3 Å². The monoisotopic (exact) mass is 479 g/mol. The number of ether oxygens (including phenoxy) is 2. The van der Waals surface area contributed by atoms with E-state index in [1.165, 1.54) is 25.7 Å². The minimum atomic E-state index is -0.139. The molecule has 8 heteroatoms. The molecular weight excluding hydrogens is 442 g/mol. The van der Waals surface area contributed by atoms with Crippen molar-refractivity contribution in [1.82, 2.24) is 24.5 Å². The molecule has 8 nitrogen and oxygen atoms in total. The number of aromatic amines is 1. The third-order valence-electron chi connectivity index (χ3n) is 7.26. The average molecular weight is 480 g/mol. The van der Waals surface area contributed by atoms with Gasteiger partial charge in [-0.25, -0.2) is 9.50 Å². The highest BCUT2D eigenvalue weighted by atomic mass is 16.5. The molecule has 188 valence electrons. The number of nitrogens with zero attached hydrogens (tertiary/aromatic N) is 4. The molecule has 2 aliphatic rings. The van der Waals surface area contributed by atoms with E-state index in [1.54, 1.807) is 0 Å². The lowest BCUT2D eigenvalue weighted by molar-refractivity contribution is 0.0342. The van der Waals surface area contributed by atoms with E-state index in [0.29, 0.717) is 30.3 Å². The zero-order chi connectivity index (χ0) is 24.2. The first kappa shape index (κ1) is 24.0. The lowest BCUT2D eigenvalue weighted by Crippen LogP contribution is -2.35. The van der Waals surface area contributed by atoms with Crippen LogP contribution in [0.25, 0.3) is 16.9 Å². The van der Waals surface area contributed by atoms with Crippen LogP contribution >= 0.6 is 0 Å². The predicted octanol–water partition coefficient (Wildman–Crippen LogP) is 4.32. The van der Waals surface area contributed by atoms with Gasteiger partial charge in [-0.2, -0.15) is 0 Å². The summed E-state index contributed by atoms with van der Waals surface area (Å²) in [6.07, 6.45) is 7.86. The number of nitrogens with one attached hydrogen (secondary N) is 1. The molecule has 0 radical (unpaired) electrons. The van der Waals surface area contributed by atoms with Crippen LogP contribution in [0.1, 0.15) is 75.4 Å². The fourth-order valence-corrected chi connectivity index (χ4v) is 5.42. The summed E-state index contributed by atoms with van der Waals surface area (Å²) in [4.78, 5) is 23.8. The molecule has 1 aliphatic carbocycles. The number of hydrogen-bond acceptors (Lipinski definition) is 6. The van der Waals surface area contributed by atoms with Gasteiger partial charge in [-0.05, 0) is 43.9 Å². The van der Waals surface area contributed by atoms with Gasteiger partial charge in [0.2, 0.25) is 0 Å². The average Bonchev–Trinajstić information content (AvgIpc) is 3.05. The second-order valence-electron chi connectivity index (χ2n) is 9.67. The van der Waals surface area contributed by atoms with E-state index in [9.17, 15) is 4.79 Å². The van der Waals surface area contributed by atoms with Gasteiger partial charge in [0.15, 0.2) is 11.3 Å². The van der Waals surface area contributed by atoms with Crippen LogP contribution in [-0.4, -0.2) is 57.4 Å². The second kappa shape index (κ2) is 10.9. The second-order valence-corrected chi connectivity index (χ2v) is 9.67. The zero-order valence-corrected chi connectivity index (χ0v) is 21.0. The number of benzene rings is 1. The van der Waals surface area contributed by atoms with Crippen molar-refractivity contribution in [3.63, 3.8) is 0 Å². The van der Waals surface area contributed by atoms with Crippen LogP contribution in [-0.2, 0) is 17.7 Å². The fourth-order valence-electron chi connectivity index (χ4n) is 5.42. The lowest BCUT2D eigenvalue weighted by Gasteiger charge is -2.26. The molecule has 3 heterocycles. The largest absolute Gasteiger partial charge is 0.493 e. The van der Waals surface area contributed by atoms with E-state index < -0.39 is 0 Å². The molecular formula is C27H37N5O3. The van der Waals surface area contributed by atoms with E-state index in [2.05, 4.69) is 28.9 Å². The van der Waals surface area contributed by atoms with Gasteiger partial charge in [-0.15, -0.1) is 5.10 Å². The Hall–Kier alpha value is -2.71. The van der Waals surface area contributed by atoms with Crippen molar-refractivity contribution >= 4 is 5.52 Å². The topological polar surface area (TPSA) is 84.8 Å². The van der Waals surface area contributed by atoms with Crippen molar-refractivity contribution in [2.75, 3.05) is 32.9 Å².